The van der Waals surface area contributed by atoms with E-state index >= 15 is 0 Å². The van der Waals surface area contributed by atoms with Crippen LogP contribution in [0.25, 0.3) is 5.69 Å². The third kappa shape index (κ3) is 4.05. The van der Waals surface area contributed by atoms with Gasteiger partial charge in [0.15, 0.2) is 0 Å². The van der Waals surface area contributed by atoms with Crippen molar-refractivity contribution < 1.29 is 9.18 Å². The average molecular weight is 327 g/mol. The van der Waals surface area contributed by atoms with Gasteiger partial charge in [-0.25, -0.2) is 9.07 Å². The summed E-state index contributed by atoms with van der Waals surface area (Å²) in [7, 11) is 0. The second-order valence-corrected chi connectivity index (χ2v) is 5.25. The molecule has 0 spiro atoms. The van der Waals surface area contributed by atoms with Crippen LogP contribution in [0.3, 0.4) is 0 Å². The average Bonchev–Trinajstić information content (AvgIpc) is 2.87. The highest BCUT2D eigenvalue weighted by atomic mass is 35.5. The molecule has 1 amide bonds. The molecule has 1 atom stereocenters. The molecule has 0 bridgehead atoms. The molecule has 1 aromatic heterocycles. The van der Waals surface area contributed by atoms with E-state index in [4.69, 9.17) is 5.73 Å². The Morgan fingerprint density at radius 2 is 2.14 bits per heavy atom. The molecule has 0 aliphatic rings. The SMILES string of the molecule is CCCC(C)(N)C(=O)Nc1cnn(-c2ccccc2F)c1.Cl. The Hall–Kier alpha value is -1.92. The van der Waals surface area contributed by atoms with Crippen molar-refractivity contribution in [3.8, 4) is 5.69 Å². The van der Waals surface area contributed by atoms with Gasteiger partial charge < -0.3 is 11.1 Å². The molecule has 2 aromatic rings. The van der Waals surface area contributed by atoms with Gasteiger partial charge in [0.2, 0.25) is 5.91 Å². The number of benzene rings is 1. The summed E-state index contributed by atoms with van der Waals surface area (Å²) in [4.78, 5) is 12.1. The van der Waals surface area contributed by atoms with Crippen molar-refractivity contribution in [2.75, 3.05) is 5.32 Å². The minimum Gasteiger partial charge on any atom is -0.322 e. The van der Waals surface area contributed by atoms with Crippen LogP contribution in [0.2, 0.25) is 0 Å². The second kappa shape index (κ2) is 7.38. The summed E-state index contributed by atoms with van der Waals surface area (Å²) in [6, 6.07) is 6.29. The highest BCUT2D eigenvalue weighted by molar-refractivity contribution is 5.97. The number of hydrogen-bond donors (Lipinski definition) is 2. The number of amides is 1. The van der Waals surface area contributed by atoms with Gasteiger partial charge in [-0.2, -0.15) is 5.10 Å². The predicted molar refractivity (Wildman–Crippen MR) is 86.9 cm³/mol. The van der Waals surface area contributed by atoms with Crippen molar-refractivity contribution in [2.45, 2.75) is 32.2 Å². The van der Waals surface area contributed by atoms with E-state index in [1.165, 1.54) is 16.9 Å². The first-order valence-electron chi connectivity index (χ1n) is 6.84. The second-order valence-electron chi connectivity index (χ2n) is 5.25. The van der Waals surface area contributed by atoms with E-state index in [0.717, 1.165) is 6.42 Å². The molecule has 0 saturated carbocycles. The Kier molecular flexibility index (Phi) is 6.08. The molecular weight excluding hydrogens is 307 g/mol. The number of carbonyl (C=O) groups is 1. The lowest BCUT2D eigenvalue weighted by atomic mass is 9.96. The number of aromatic nitrogens is 2. The largest absolute Gasteiger partial charge is 0.322 e. The van der Waals surface area contributed by atoms with Gasteiger partial charge in [-0.05, 0) is 25.5 Å². The highest BCUT2D eigenvalue weighted by Gasteiger charge is 2.27. The molecule has 0 radical (unpaired) electrons. The van der Waals surface area contributed by atoms with Gasteiger partial charge >= 0.3 is 0 Å². The number of anilines is 1. The third-order valence-electron chi connectivity index (χ3n) is 3.23. The molecule has 0 aliphatic heterocycles. The quantitative estimate of drug-likeness (QED) is 0.887. The van der Waals surface area contributed by atoms with Crippen LogP contribution in [-0.4, -0.2) is 21.2 Å². The number of nitrogens with one attached hydrogen (secondary N) is 1. The smallest absolute Gasteiger partial charge is 0.244 e. The predicted octanol–water partition coefficient (Wildman–Crippen LogP) is 2.89. The van der Waals surface area contributed by atoms with E-state index in [0.29, 0.717) is 17.8 Å². The van der Waals surface area contributed by atoms with Crippen LogP contribution >= 0.6 is 12.4 Å². The minimum absolute atomic E-state index is 0. The number of rotatable bonds is 5. The van der Waals surface area contributed by atoms with Crippen molar-refractivity contribution in [1.29, 1.82) is 0 Å². The maximum atomic E-state index is 13.7. The third-order valence-corrected chi connectivity index (χ3v) is 3.23. The summed E-state index contributed by atoms with van der Waals surface area (Å²) in [5.41, 5.74) is 5.83. The molecular formula is C15H20ClFN4O. The fraction of sp³-hybridized carbons (Fsp3) is 0.333. The van der Waals surface area contributed by atoms with Gasteiger partial charge in [0.05, 0.1) is 23.6 Å². The van der Waals surface area contributed by atoms with Crippen LogP contribution in [-0.2, 0) is 4.79 Å². The Balaban J connectivity index is 0.00000242. The van der Waals surface area contributed by atoms with E-state index in [1.807, 2.05) is 6.92 Å². The van der Waals surface area contributed by atoms with E-state index < -0.39 is 5.54 Å². The van der Waals surface area contributed by atoms with Crippen molar-refractivity contribution >= 4 is 24.0 Å². The van der Waals surface area contributed by atoms with Crippen molar-refractivity contribution in [3.05, 3.63) is 42.5 Å². The molecule has 1 unspecified atom stereocenters. The first kappa shape index (κ1) is 18.1. The number of nitrogens with zero attached hydrogens (tertiary/aromatic N) is 2. The summed E-state index contributed by atoms with van der Waals surface area (Å²) in [5.74, 6) is -0.662. The van der Waals surface area contributed by atoms with E-state index in [-0.39, 0.29) is 24.1 Å². The number of halogens is 2. The Morgan fingerprint density at radius 1 is 1.45 bits per heavy atom. The monoisotopic (exact) mass is 326 g/mol. The number of nitrogens with two attached hydrogens (primary N) is 1. The van der Waals surface area contributed by atoms with Crippen LogP contribution in [0, 0.1) is 5.82 Å². The first-order valence-corrected chi connectivity index (χ1v) is 6.84. The van der Waals surface area contributed by atoms with Gasteiger partial charge in [0, 0.05) is 0 Å². The summed E-state index contributed by atoms with van der Waals surface area (Å²) in [6.07, 6.45) is 4.42. The van der Waals surface area contributed by atoms with Crippen molar-refractivity contribution in [3.63, 3.8) is 0 Å². The molecule has 7 heteroatoms. The summed E-state index contributed by atoms with van der Waals surface area (Å²) >= 11 is 0. The molecule has 120 valence electrons. The van der Waals surface area contributed by atoms with Gasteiger partial charge in [-0.3, -0.25) is 4.79 Å². The first-order chi connectivity index (χ1) is 9.94. The summed E-state index contributed by atoms with van der Waals surface area (Å²) < 4.78 is 15.0. The number of carbonyl (C=O) groups excluding carboxylic acids is 1. The standard InChI is InChI=1S/C15H19FN4O.ClH/c1-3-8-15(2,17)14(21)19-11-9-18-20(10-11)13-7-5-4-6-12(13)16;/h4-7,9-10H,3,8,17H2,1-2H3,(H,19,21);1H. The van der Waals surface area contributed by atoms with Crippen LogP contribution in [0.4, 0.5) is 10.1 Å². The van der Waals surface area contributed by atoms with Gasteiger partial charge in [-0.1, -0.05) is 25.5 Å². The molecule has 2 rings (SSSR count). The zero-order chi connectivity index (χ0) is 15.5. The van der Waals surface area contributed by atoms with E-state index in [9.17, 15) is 9.18 Å². The summed E-state index contributed by atoms with van der Waals surface area (Å²) in [6.45, 7) is 3.65. The lowest BCUT2D eigenvalue weighted by Gasteiger charge is -2.22. The van der Waals surface area contributed by atoms with Crippen LogP contribution in [0.15, 0.2) is 36.7 Å². The van der Waals surface area contributed by atoms with E-state index in [1.54, 1.807) is 31.3 Å². The maximum Gasteiger partial charge on any atom is 0.244 e. The Labute approximate surface area is 135 Å². The molecule has 5 nitrogen and oxygen atoms in total. The molecule has 1 aromatic carbocycles. The molecule has 0 fully saturated rings. The molecule has 1 heterocycles. The topological polar surface area (TPSA) is 72.9 Å². The maximum absolute atomic E-state index is 13.7. The van der Waals surface area contributed by atoms with Gasteiger partial charge in [0.25, 0.3) is 0 Å². The zero-order valence-corrected chi connectivity index (χ0v) is 13.4. The highest BCUT2D eigenvalue weighted by Crippen LogP contribution is 2.17. The molecule has 3 N–H and O–H groups in total. The Bertz CT molecular complexity index is 642. The lowest BCUT2D eigenvalue weighted by Crippen LogP contribution is -2.48. The van der Waals surface area contributed by atoms with Crippen molar-refractivity contribution in [2.24, 2.45) is 5.73 Å². The fourth-order valence-electron chi connectivity index (χ4n) is 2.06. The van der Waals surface area contributed by atoms with Gasteiger partial charge in [-0.15, -0.1) is 12.4 Å². The van der Waals surface area contributed by atoms with Crippen LogP contribution in [0.1, 0.15) is 26.7 Å². The van der Waals surface area contributed by atoms with Crippen LogP contribution in [0.5, 0.6) is 0 Å². The number of para-hydroxylation sites is 1. The van der Waals surface area contributed by atoms with Crippen molar-refractivity contribution in [1.82, 2.24) is 9.78 Å². The molecule has 22 heavy (non-hydrogen) atoms. The Morgan fingerprint density at radius 3 is 2.77 bits per heavy atom. The molecule has 0 aliphatic carbocycles. The normalized spacial score (nSPS) is 13.1. The lowest BCUT2D eigenvalue weighted by molar-refractivity contribution is -0.120. The fourth-order valence-corrected chi connectivity index (χ4v) is 2.06. The minimum atomic E-state index is -0.936. The zero-order valence-electron chi connectivity index (χ0n) is 12.5. The van der Waals surface area contributed by atoms with Gasteiger partial charge in [0.1, 0.15) is 11.5 Å². The number of hydrogen-bond acceptors (Lipinski definition) is 3. The summed E-state index contributed by atoms with van der Waals surface area (Å²) in [5, 5.41) is 6.76. The van der Waals surface area contributed by atoms with Crippen LogP contribution < -0.4 is 11.1 Å². The van der Waals surface area contributed by atoms with E-state index in [2.05, 4.69) is 10.4 Å². The molecule has 0 saturated heterocycles.